The second-order valence-electron chi connectivity index (χ2n) is 7.61. The SMILES string of the molecule is CCOC(=O)c1cccc(Nc2ncc([N+](=O)[O-])c(NCC3CCC(CN)CC3)n2)c1. The van der Waals surface area contributed by atoms with Crippen molar-refractivity contribution in [2.24, 2.45) is 17.6 Å². The fourth-order valence-corrected chi connectivity index (χ4v) is 3.68. The lowest BCUT2D eigenvalue weighted by atomic mass is 9.82. The third kappa shape index (κ3) is 6.11. The van der Waals surface area contributed by atoms with E-state index >= 15 is 0 Å². The minimum Gasteiger partial charge on any atom is -0.462 e. The summed E-state index contributed by atoms with van der Waals surface area (Å²) in [5, 5.41) is 17.5. The van der Waals surface area contributed by atoms with Crippen molar-refractivity contribution in [2.75, 3.05) is 30.3 Å². The highest BCUT2D eigenvalue weighted by Gasteiger charge is 2.22. The van der Waals surface area contributed by atoms with Crippen LogP contribution in [0.1, 0.15) is 43.0 Å². The van der Waals surface area contributed by atoms with Crippen LogP contribution in [0.15, 0.2) is 30.5 Å². The average molecular weight is 428 g/mol. The molecule has 0 atom stereocenters. The van der Waals surface area contributed by atoms with Crippen molar-refractivity contribution in [3.05, 3.63) is 46.1 Å². The van der Waals surface area contributed by atoms with E-state index < -0.39 is 10.9 Å². The van der Waals surface area contributed by atoms with Gasteiger partial charge in [-0.1, -0.05) is 6.07 Å². The summed E-state index contributed by atoms with van der Waals surface area (Å²) < 4.78 is 5.01. The normalized spacial score (nSPS) is 18.3. The number of carbonyl (C=O) groups excluding carboxylic acids is 1. The zero-order valence-corrected chi connectivity index (χ0v) is 17.5. The van der Waals surface area contributed by atoms with Gasteiger partial charge in [-0.25, -0.2) is 9.78 Å². The van der Waals surface area contributed by atoms with E-state index in [0.717, 1.165) is 25.7 Å². The molecule has 4 N–H and O–H groups in total. The Bertz CT molecular complexity index is 914. The Morgan fingerprint density at radius 2 is 2.03 bits per heavy atom. The van der Waals surface area contributed by atoms with E-state index in [0.29, 0.717) is 36.2 Å². The number of hydrogen-bond acceptors (Lipinski definition) is 9. The minimum atomic E-state index is -0.501. The molecule has 1 fully saturated rings. The van der Waals surface area contributed by atoms with E-state index in [1.54, 1.807) is 31.2 Å². The van der Waals surface area contributed by atoms with Crippen LogP contribution in [0, 0.1) is 22.0 Å². The first kappa shape index (κ1) is 22.4. The third-order valence-corrected chi connectivity index (χ3v) is 5.45. The van der Waals surface area contributed by atoms with E-state index in [4.69, 9.17) is 10.5 Å². The lowest BCUT2D eigenvalue weighted by Gasteiger charge is -2.27. The van der Waals surface area contributed by atoms with E-state index in [1.807, 2.05) is 0 Å². The molecule has 0 radical (unpaired) electrons. The van der Waals surface area contributed by atoms with Gasteiger partial charge in [0.1, 0.15) is 6.20 Å². The molecule has 10 nitrogen and oxygen atoms in total. The maximum Gasteiger partial charge on any atom is 0.338 e. The van der Waals surface area contributed by atoms with Gasteiger partial charge in [0.2, 0.25) is 11.8 Å². The second kappa shape index (κ2) is 10.7. The number of aromatic nitrogens is 2. The molecule has 1 aromatic carbocycles. The first-order chi connectivity index (χ1) is 15.0. The van der Waals surface area contributed by atoms with Gasteiger partial charge < -0.3 is 21.1 Å². The highest BCUT2D eigenvalue weighted by atomic mass is 16.6. The van der Waals surface area contributed by atoms with Crippen molar-refractivity contribution in [1.29, 1.82) is 0 Å². The molecule has 0 amide bonds. The molecule has 0 aliphatic heterocycles. The number of nitrogens with zero attached hydrogens (tertiary/aromatic N) is 3. The van der Waals surface area contributed by atoms with Gasteiger partial charge in [-0.05, 0) is 69.2 Å². The van der Waals surface area contributed by atoms with Crippen molar-refractivity contribution in [2.45, 2.75) is 32.6 Å². The Kier molecular flexibility index (Phi) is 7.71. The Morgan fingerprint density at radius 1 is 1.29 bits per heavy atom. The molecule has 0 spiro atoms. The Labute approximate surface area is 180 Å². The van der Waals surface area contributed by atoms with Crippen LogP contribution in [0.4, 0.5) is 23.1 Å². The van der Waals surface area contributed by atoms with E-state index in [1.165, 1.54) is 6.20 Å². The van der Waals surface area contributed by atoms with Crippen LogP contribution in [0.3, 0.4) is 0 Å². The molecule has 31 heavy (non-hydrogen) atoms. The Morgan fingerprint density at radius 3 is 2.71 bits per heavy atom. The number of nitro groups is 1. The number of nitrogens with two attached hydrogens (primary N) is 1. The van der Waals surface area contributed by atoms with Crippen LogP contribution in [-0.2, 0) is 4.74 Å². The van der Waals surface area contributed by atoms with Crippen LogP contribution in [-0.4, -0.2) is 40.6 Å². The van der Waals surface area contributed by atoms with Crippen molar-refractivity contribution in [3.63, 3.8) is 0 Å². The summed E-state index contributed by atoms with van der Waals surface area (Å²) in [6, 6.07) is 6.71. The monoisotopic (exact) mass is 428 g/mol. The summed E-state index contributed by atoms with van der Waals surface area (Å²) >= 11 is 0. The van der Waals surface area contributed by atoms with Crippen molar-refractivity contribution in [3.8, 4) is 0 Å². The first-order valence-corrected chi connectivity index (χ1v) is 10.5. The first-order valence-electron chi connectivity index (χ1n) is 10.5. The predicted molar refractivity (Wildman–Crippen MR) is 117 cm³/mol. The number of carbonyl (C=O) groups is 1. The van der Waals surface area contributed by atoms with Gasteiger partial charge in [0, 0.05) is 12.2 Å². The summed E-state index contributed by atoms with van der Waals surface area (Å²) in [5.74, 6) is 0.939. The van der Waals surface area contributed by atoms with E-state index in [2.05, 4.69) is 20.6 Å². The van der Waals surface area contributed by atoms with Gasteiger partial charge in [-0.15, -0.1) is 0 Å². The summed E-state index contributed by atoms with van der Waals surface area (Å²) in [6.07, 6.45) is 5.42. The summed E-state index contributed by atoms with van der Waals surface area (Å²) in [5.41, 5.74) is 6.53. The molecule has 0 bridgehead atoms. The van der Waals surface area contributed by atoms with Gasteiger partial charge in [-0.3, -0.25) is 10.1 Å². The fraction of sp³-hybridized carbons (Fsp3) is 0.476. The van der Waals surface area contributed by atoms with Crippen molar-refractivity contribution >= 4 is 29.1 Å². The van der Waals surface area contributed by atoms with Crippen LogP contribution in [0.5, 0.6) is 0 Å². The zero-order valence-electron chi connectivity index (χ0n) is 17.5. The molecule has 3 rings (SSSR count). The maximum atomic E-state index is 11.9. The number of nitrogens with one attached hydrogen (secondary N) is 2. The number of hydrogen-bond donors (Lipinski definition) is 3. The van der Waals surface area contributed by atoms with E-state index in [9.17, 15) is 14.9 Å². The minimum absolute atomic E-state index is 0.171. The van der Waals surface area contributed by atoms with Gasteiger partial charge in [0.25, 0.3) is 0 Å². The highest BCUT2D eigenvalue weighted by molar-refractivity contribution is 5.90. The largest absolute Gasteiger partial charge is 0.462 e. The molecular weight excluding hydrogens is 400 g/mol. The molecule has 0 unspecified atom stereocenters. The van der Waals surface area contributed by atoms with Gasteiger partial charge in [-0.2, -0.15) is 4.98 Å². The molecule has 1 saturated carbocycles. The van der Waals surface area contributed by atoms with Crippen LogP contribution in [0.25, 0.3) is 0 Å². The Balaban J connectivity index is 1.70. The fourth-order valence-electron chi connectivity index (χ4n) is 3.68. The molecule has 2 aromatic rings. The van der Waals surface area contributed by atoms with E-state index in [-0.39, 0.29) is 24.1 Å². The zero-order chi connectivity index (χ0) is 22.2. The standard InChI is InChI=1S/C21H28N6O4/c1-2-31-20(28)16-4-3-5-17(10-16)25-21-24-13-18(27(29)30)19(26-21)23-12-15-8-6-14(11-22)7-9-15/h3-5,10,13-15H,2,6-9,11-12,22H2,1H3,(H2,23,24,25,26). The molecule has 1 aliphatic carbocycles. The number of ether oxygens (including phenoxy) is 1. The number of rotatable bonds is 9. The predicted octanol–water partition coefficient (Wildman–Crippen LogP) is 3.48. The average Bonchev–Trinajstić information content (AvgIpc) is 2.78. The highest BCUT2D eigenvalue weighted by Crippen LogP contribution is 2.30. The number of benzene rings is 1. The molecule has 1 aliphatic rings. The smallest absolute Gasteiger partial charge is 0.338 e. The molecule has 1 heterocycles. The summed E-state index contributed by atoms with van der Waals surface area (Å²) in [4.78, 5) is 31.2. The lowest BCUT2D eigenvalue weighted by Crippen LogP contribution is -2.25. The molecule has 0 saturated heterocycles. The summed E-state index contributed by atoms with van der Waals surface area (Å²) in [6.45, 7) is 3.34. The lowest BCUT2D eigenvalue weighted by molar-refractivity contribution is -0.384. The quantitative estimate of drug-likeness (QED) is 0.310. The van der Waals surface area contributed by atoms with Gasteiger partial charge >= 0.3 is 11.7 Å². The molecule has 166 valence electrons. The van der Waals surface area contributed by atoms with Gasteiger partial charge in [0.05, 0.1) is 17.1 Å². The van der Waals surface area contributed by atoms with Crippen LogP contribution < -0.4 is 16.4 Å². The molecule has 10 heteroatoms. The van der Waals surface area contributed by atoms with Gasteiger partial charge in [0.15, 0.2) is 0 Å². The number of esters is 1. The summed E-state index contributed by atoms with van der Waals surface area (Å²) in [7, 11) is 0. The topological polar surface area (TPSA) is 145 Å². The second-order valence-corrected chi connectivity index (χ2v) is 7.61. The van der Waals surface area contributed by atoms with Crippen molar-refractivity contribution in [1.82, 2.24) is 9.97 Å². The van der Waals surface area contributed by atoms with Crippen molar-refractivity contribution < 1.29 is 14.5 Å². The molecular formula is C21H28N6O4. The molecule has 1 aromatic heterocycles. The maximum absolute atomic E-state index is 11.9. The van der Waals surface area contributed by atoms with Crippen LogP contribution in [0.2, 0.25) is 0 Å². The number of anilines is 3. The Hall–Kier alpha value is -3.27. The third-order valence-electron chi connectivity index (χ3n) is 5.45. The van der Waals surface area contributed by atoms with Crippen LogP contribution >= 0.6 is 0 Å².